The number of nitrogens with two attached hydrogens (primary N) is 1. The highest BCUT2D eigenvalue weighted by molar-refractivity contribution is 6.07. The summed E-state index contributed by atoms with van der Waals surface area (Å²) in [6.45, 7) is 1.73. The second-order valence-corrected chi connectivity index (χ2v) is 4.76. The summed E-state index contributed by atoms with van der Waals surface area (Å²) in [5, 5.41) is 7.04. The van der Waals surface area contributed by atoms with Gasteiger partial charge in [-0.25, -0.2) is 0 Å². The molecule has 0 bridgehead atoms. The SMILES string of the molecule is COc1ccc2ncc(NC(=O)c3cc(C)no3)c(N)c2c1. The first-order chi connectivity index (χ1) is 10.6. The molecule has 3 N–H and O–H groups in total. The lowest BCUT2D eigenvalue weighted by atomic mass is 10.1. The molecule has 0 aliphatic rings. The number of nitrogens with one attached hydrogen (secondary N) is 1. The number of rotatable bonds is 3. The molecule has 1 aromatic carbocycles. The van der Waals surface area contributed by atoms with Crippen LogP contribution in [0.4, 0.5) is 11.4 Å². The molecule has 2 heterocycles. The van der Waals surface area contributed by atoms with Crippen molar-refractivity contribution in [3.63, 3.8) is 0 Å². The molecule has 0 radical (unpaired) electrons. The van der Waals surface area contributed by atoms with Crippen molar-refractivity contribution in [2.24, 2.45) is 0 Å². The van der Waals surface area contributed by atoms with Gasteiger partial charge in [-0.1, -0.05) is 5.16 Å². The van der Waals surface area contributed by atoms with Gasteiger partial charge in [-0.3, -0.25) is 9.78 Å². The summed E-state index contributed by atoms with van der Waals surface area (Å²) in [7, 11) is 1.57. The second kappa shape index (κ2) is 5.36. The number of nitrogen functional groups attached to an aromatic ring is 1. The zero-order valence-corrected chi connectivity index (χ0v) is 12.1. The van der Waals surface area contributed by atoms with E-state index in [0.29, 0.717) is 33.7 Å². The lowest BCUT2D eigenvalue weighted by Gasteiger charge is -2.10. The summed E-state index contributed by atoms with van der Waals surface area (Å²) in [6.07, 6.45) is 1.51. The molecule has 0 spiro atoms. The van der Waals surface area contributed by atoms with Crippen molar-refractivity contribution >= 4 is 28.2 Å². The first-order valence-corrected chi connectivity index (χ1v) is 6.55. The van der Waals surface area contributed by atoms with Crippen molar-refractivity contribution in [1.82, 2.24) is 10.1 Å². The number of aromatic nitrogens is 2. The van der Waals surface area contributed by atoms with E-state index in [1.807, 2.05) is 0 Å². The molecule has 3 aromatic rings. The van der Waals surface area contributed by atoms with E-state index >= 15 is 0 Å². The molecule has 0 atom stereocenters. The van der Waals surface area contributed by atoms with Gasteiger partial charge in [-0.2, -0.15) is 0 Å². The quantitative estimate of drug-likeness (QED) is 0.769. The Hall–Kier alpha value is -3.09. The summed E-state index contributed by atoms with van der Waals surface area (Å²) >= 11 is 0. The molecule has 2 aromatic heterocycles. The number of nitrogens with zero attached hydrogens (tertiary/aromatic N) is 2. The topological polar surface area (TPSA) is 103 Å². The standard InChI is InChI=1S/C15H14N4O3/c1-8-5-13(22-19-8)15(20)18-12-7-17-11-4-3-9(21-2)6-10(11)14(12)16/h3-7H,1-2H3,(H2,16,17)(H,18,20). The van der Waals surface area contributed by atoms with Crippen molar-refractivity contribution < 1.29 is 14.1 Å². The fourth-order valence-corrected chi connectivity index (χ4v) is 2.07. The predicted octanol–water partition coefficient (Wildman–Crippen LogP) is 2.37. The maximum Gasteiger partial charge on any atom is 0.294 e. The number of carbonyl (C=O) groups is 1. The van der Waals surface area contributed by atoms with E-state index in [1.165, 1.54) is 6.20 Å². The van der Waals surface area contributed by atoms with Gasteiger partial charge in [0.15, 0.2) is 0 Å². The predicted molar refractivity (Wildman–Crippen MR) is 81.9 cm³/mol. The minimum absolute atomic E-state index is 0.114. The summed E-state index contributed by atoms with van der Waals surface area (Å²) in [4.78, 5) is 16.4. The molecule has 7 heteroatoms. The van der Waals surface area contributed by atoms with Gasteiger partial charge in [0.05, 0.1) is 35.9 Å². The van der Waals surface area contributed by atoms with Gasteiger partial charge in [0.1, 0.15) is 5.75 Å². The maximum atomic E-state index is 12.1. The van der Waals surface area contributed by atoms with E-state index in [0.717, 1.165) is 0 Å². The Bertz CT molecular complexity index is 857. The summed E-state index contributed by atoms with van der Waals surface area (Å²) in [5.41, 5.74) is 8.27. The highest BCUT2D eigenvalue weighted by Crippen LogP contribution is 2.30. The number of hydrogen-bond acceptors (Lipinski definition) is 6. The molecular weight excluding hydrogens is 284 g/mol. The molecule has 112 valence electrons. The first-order valence-electron chi connectivity index (χ1n) is 6.55. The van der Waals surface area contributed by atoms with Gasteiger partial charge >= 0.3 is 0 Å². The minimum Gasteiger partial charge on any atom is -0.497 e. The monoisotopic (exact) mass is 298 g/mol. The van der Waals surface area contributed by atoms with Gasteiger partial charge in [0, 0.05) is 11.5 Å². The third kappa shape index (κ3) is 2.44. The summed E-state index contributed by atoms with van der Waals surface area (Å²) < 4.78 is 10.1. The maximum absolute atomic E-state index is 12.1. The van der Waals surface area contributed by atoms with Crippen LogP contribution in [0.25, 0.3) is 10.9 Å². The minimum atomic E-state index is -0.434. The van der Waals surface area contributed by atoms with Crippen LogP contribution in [0.1, 0.15) is 16.2 Å². The highest BCUT2D eigenvalue weighted by Gasteiger charge is 2.15. The van der Waals surface area contributed by atoms with Crippen molar-refractivity contribution in [3.05, 3.63) is 41.9 Å². The second-order valence-electron chi connectivity index (χ2n) is 4.76. The lowest BCUT2D eigenvalue weighted by Crippen LogP contribution is -2.13. The first kappa shape index (κ1) is 13.9. The number of aryl methyl sites for hydroxylation is 1. The fourth-order valence-electron chi connectivity index (χ4n) is 2.07. The molecule has 1 amide bonds. The number of ether oxygens (including phenoxy) is 1. The molecule has 22 heavy (non-hydrogen) atoms. The smallest absolute Gasteiger partial charge is 0.294 e. The molecule has 0 fully saturated rings. The zero-order chi connectivity index (χ0) is 15.7. The van der Waals surface area contributed by atoms with Crippen LogP contribution in [0, 0.1) is 6.92 Å². The third-order valence-corrected chi connectivity index (χ3v) is 3.22. The molecule has 7 nitrogen and oxygen atoms in total. The number of amides is 1. The molecule has 0 unspecified atom stereocenters. The van der Waals surface area contributed by atoms with E-state index in [1.54, 1.807) is 38.3 Å². The Morgan fingerprint density at radius 1 is 1.36 bits per heavy atom. The van der Waals surface area contributed by atoms with E-state index in [4.69, 9.17) is 15.0 Å². The Morgan fingerprint density at radius 2 is 2.18 bits per heavy atom. The van der Waals surface area contributed by atoms with Crippen LogP contribution < -0.4 is 15.8 Å². The Kier molecular flexibility index (Phi) is 3.38. The molecule has 0 aliphatic carbocycles. The van der Waals surface area contributed by atoms with Crippen molar-refractivity contribution in [3.8, 4) is 5.75 Å². The molecule has 0 aliphatic heterocycles. The average Bonchev–Trinajstić information content (AvgIpc) is 2.96. The van der Waals surface area contributed by atoms with Gasteiger partial charge in [0.2, 0.25) is 5.76 Å². The fraction of sp³-hybridized carbons (Fsp3) is 0.133. The number of methoxy groups -OCH3 is 1. The Labute approximate surface area is 126 Å². The van der Waals surface area contributed by atoms with E-state index in [9.17, 15) is 4.79 Å². The van der Waals surface area contributed by atoms with Crippen LogP contribution in [-0.2, 0) is 0 Å². The van der Waals surface area contributed by atoms with Gasteiger partial charge < -0.3 is 20.3 Å². The van der Waals surface area contributed by atoms with Crippen LogP contribution in [0.5, 0.6) is 5.75 Å². The molecule has 3 rings (SSSR count). The summed E-state index contributed by atoms with van der Waals surface area (Å²) in [5.74, 6) is 0.342. The molecule has 0 saturated carbocycles. The van der Waals surface area contributed by atoms with E-state index in [-0.39, 0.29) is 5.76 Å². The van der Waals surface area contributed by atoms with Crippen LogP contribution in [0.2, 0.25) is 0 Å². The van der Waals surface area contributed by atoms with Crippen molar-refractivity contribution in [2.75, 3.05) is 18.2 Å². The van der Waals surface area contributed by atoms with Crippen molar-refractivity contribution in [1.29, 1.82) is 0 Å². The average molecular weight is 298 g/mol. The number of carbonyl (C=O) groups excluding carboxylic acids is 1. The van der Waals surface area contributed by atoms with Crippen LogP contribution in [0.3, 0.4) is 0 Å². The Balaban J connectivity index is 1.97. The van der Waals surface area contributed by atoms with Gasteiger partial charge in [-0.15, -0.1) is 0 Å². The largest absolute Gasteiger partial charge is 0.497 e. The normalized spacial score (nSPS) is 10.6. The lowest BCUT2D eigenvalue weighted by molar-refractivity contribution is 0.0988. The van der Waals surface area contributed by atoms with E-state index in [2.05, 4.69) is 15.5 Å². The van der Waals surface area contributed by atoms with Crippen LogP contribution in [0.15, 0.2) is 35.0 Å². The summed E-state index contributed by atoms with van der Waals surface area (Å²) in [6, 6.07) is 6.91. The third-order valence-electron chi connectivity index (χ3n) is 3.22. The van der Waals surface area contributed by atoms with Gasteiger partial charge in [0.25, 0.3) is 5.91 Å². The molecular formula is C15H14N4O3. The van der Waals surface area contributed by atoms with E-state index < -0.39 is 5.91 Å². The number of benzene rings is 1. The number of anilines is 2. The number of pyridine rings is 1. The van der Waals surface area contributed by atoms with Crippen LogP contribution >= 0.6 is 0 Å². The number of hydrogen-bond donors (Lipinski definition) is 2. The molecule has 0 saturated heterocycles. The van der Waals surface area contributed by atoms with Crippen molar-refractivity contribution in [2.45, 2.75) is 6.92 Å². The zero-order valence-electron chi connectivity index (χ0n) is 12.1. The Morgan fingerprint density at radius 3 is 2.86 bits per heavy atom. The highest BCUT2D eigenvalue weighted by atomic mass is 16.5. The van der Waals surface area contributed by atoms with Crippen LogP contribution in [-0.4, -0.2) is 23.2 Å². The van der Waals surface area contributed by atoms with Gasteiger partial charge in [-0.05, 0) is 25.1 Å². The number of fused-ring (bicyclic) bond motifs is 1.